The predicted octanol–water partition coefficient (Wildman–Crippen LogP) is 5.70. The van der Waals surface area contributed by atoms with Crippen LogP contribution in [0.25, 0.3) is 0 Å². The van der Waals surface area contributed by atoms with Crippen LogP contribution >= 0.6 is 21.9 Å². The van der Waals surface area contributed by atoms with Crippen LogP contribution in [0.2, 0.25) is 0 Å². The number of hydrogen-bond donors (Lipinski definition) is 3. The molecule has 33 heavy (non-hydrogen) atoms. The lowest BCUT2D eigenvalue weighted by Crippen LogP contribution is -2.25. The van der Waals surface area contributed by atoms with E-state index in [0.717, 1.165) is 37.9 Å². The number of anilines is 2. The van der Waals surface area contributed by atoms with E-state index in [-0.39, 0.29) is 11.9 Å². The fourth-order valence-electron chi connectivity index (χ4n) is 4.86. The van der Waals surface area contributed by atoms with Gasteiger partial charge in [0.15, 0.2) is 5.13 Å². The lowest BCUT2D eigenvalue weighted by atomic mass is 10.0. The zero-order chi connectivity index (χ0) is 22.8. The van der Waals surface area contributed by atoms with Gasteiger partial charge in [0.25, 0.3) is 5.91 Å². The van der Waals surface area contributed by atoms with Gasteiger partial charge in [-0.05, 0) is 55.9 Å². The number of carbonyl (C=O) groups is 1. The number of hydrogen-bond acceptors (Lipinski definition) is 6. The summed E-state index contributed by atoms with van der Waals surface area (Å²) in [7, 11) is -2.39. The SMILES string of the molecule is O=C(Nc1nc(C2CCCN2c2ccccc2)cs1)c1cccn1CC1CCS(O)(O)CC1. The summed E-state index contributed by atoms with van der Waals surface area (Å²) in [6, 6.07) is 14.4. The maximum atomic E-state index is 13.0. The van der Waals surface area contributed by atoms with E-state index in [1.807, 2.05) is 29.0 Å². The molecule has 9 heteroatoms. The molecule has 0 spiro atoms. The molecule has 2 aliphatic rings. The number of amides is 1. The Balaban J connectivity index is 1.24. The first-order valence-electron chi connectivity index (χ1n) is 11.5. The molecular formula is C24H30N4O3S2. The van der Waals surface area contributed by atoms with Crippen LogP contribution in [-0.2, 0) is 6.54 Å². The maximum absolute atomic E-state index is 13.0. The molecule has 2 aliphatic heterocycles. The molecule has 0 bridgehead atoms. The van der Waals surface area contributed by atoms with Gasteiger partial charge in [0, 0.05) is 41.9 Å². The van der Waals surface area contributed by atoms with Crippen LogP contribution in [-0.4, -0.2) is 42.6 Å². The lowest BCUT2D eigenvalue weighted by Gasteiger charge is -2.39. The zero-order valence-corrected chi connectivity index (χ0v) is 20.1. The highest BCUT2D eigenvalue weighted by Gasteiger charge is 2.29. The Bertz CT molecular complexity index is 1090. The number of rotatable bonds is 6. The van der Waals surface area contributed by atoms with Crippen LogP contribution in [0.15, 0.2) is 54.0 Å². The van der Waals surface area contributed by atoms with E-state index in [9.17, 15) is 13.9 Å². The van der Waals surface area contributed by atoms with Crippen molar-refractivity contribution in [2.24, 2.45) is 5.92 Å². The topological polar surface area (TPSA) is 90.6 Å². The summed E-state index contributed by atoms with van der Waals surface area (Å²) in [5.41, 5.74) is 2.82. The number of benzene rings is 1. The van der Waals surface area contributed by atoms with Gasteiger partial charge in [-0.1, -0.05) is 18.2 Å². The summed E-state index contributed by atoms with van der Waals surface area (Å²) in [5.74, 6) is 1.11. The molecule has 0 aliphatic carbocycles. The molecule has 0 saturated carbocycles. The molecular weight excluding hydrogens is 456 g/mol. The van der Waals surface area contributed by atoms with E-state index >= 15 is 0 Å². The minimum absolute atomic E-state index is 0.160. The van der Waals surface area contributed by atoms with E-state index in [2.05, 4.69) is 39.9 Å². The van der Waals surface area contributed by atoms with Crippen molar-refractivity contribution in [2.75, 3.05) is 28.3 Å². The smallest absolute Gasteiger partial charge is 0.274 e. The number of para-hydroxylation sites is 1. The molecule has 5 rings (SSSR count). The standard InChI is InChI=1S/C24H30N4O3S2/c29-23(22-9-4-12-27(22)16-18-10-14-33(30,31)15-11-18)26-24-25-20(17-32-24)21-8-5-13-28(21)19-6-2-1-3-7-19/h1-4,6-7,9,12,17-18,21,30-31H,5,8,10-11,13-16H2,(H,25,26,29). The van der Waals surface area contributed by atoms with Crippen molar-refractivity contribution >= 4 is 38.7 Å². The Hall–Kier alpha value is -2.33. The highest BCUT2D eigenvalue weighted by atomic mass is 32.3. The van der Waals surface area contributed by atoms with Gasteiger partial charge < -0.3 is 9.47 Å². The lowest BCUT2D eigenvalue weighted by molar-refractivity contribution is 0.101. The van der Waals surface area contributed by atoms with Crippen molar-refractivity contribution in [1.82, 2.24) is 9.55 Å². The largest absolute Gasteiger partial charge is 0.363 e. The van der Waals surface area contributed by atoms with E-state index in [1.165, 1.54) is 17.0 Å². The first-order valence-corrected chi connectivity index (χ1v) is 14.2. The minimum atomic E-state index is -2.39. The van der Waals surface area contributed by atoms with Crippen LogP contribution in [0.1, 0.15) is 47.9 Å². The second-order valence-electron chi connectivity index (χ2n) is 8.92. The quantitative estimate of drug-likeness (QED) is 0.416. The van der Waals surface area contributed by atoms with E-state index < -0.39 is 10.6 Å². The summed E-state index contributed by atoms with van der Waals surface area (Å²) in [6.45, 7) is 1.72. The molecule has 3 aromatic rings. The molecule has 2 fully saturated rings. The maximum Gasteiger partial charge on any atom is 0.274 e. The highest BCUT2D eigenvalue weighted by Crippen LogP contribution is 2.46. The Morgan fingerprint density at radius 1 is 1.12 bits per heavy atom. The molecule has 1 atom stereocenters. The number of nitrogens with zero attached hydrogens (tertiary/aromatic N) is 3. The molecule has 1 amide bonds. The van der Waals surface area contributed by atoms with Crippen LogP contribution in [0.3, 0.4) is 0 Å². The van der Waals surface area contributed by atoms with Gasteiger partial charge in [0.1, 0.15) is 5.69 Å². The number of carbonyl (C=O) groups excluding carboxylic acids is 1. The average molecular weight is 487 g/mol. The molecule has 176 valence electrons. The first-order chi connectivity index (χ1) is 16.0. The molecule has 3 N–H and O–H groups in total. The van der Waals surface area contributed by atoms with Crippen molar-refractivity contribution in [2.45, 2.75) is 38.3 Å². The summed E-state index contributed by atoms with van der Waals surface area (Å²) in [4.78, 5) is 20.2. The van der Waals surface area contributed by atoms with Crippen LogP contribution < -0.4 is 10.2 Å². The third kappa shape index (κ3) is 5.11. The van der Waals surface area contributed by atoms with Crippen molar-refractivity contribution in [3.63, 3.8) is 0 Å². The monoisotopic (exact) mass is 486 g/mol. The van der Waals surface area contributed by atoms with Crippen molar-refractivity contribution < 1.29 is 13.9 Å². The minimum Gasteiger partial charge on any atom is -0.363 e. The first kappa shape index (κ1) is 22.5. The second kappa shape index (κ2) is 9.50. The number of thiazole rings is 1. The fraction of sp³-hybridized carbons (Fsp3) is 0.417. The van der Waals surface area contributed by atoms with Crippen molar-refractivity contribution in [3.05, 3.63) is 65.4 Å². The average Bonchev–Trinajstić information content (AvgIpc) is 3.56. The zero-order valence-electron chi connectivity index (χ0n) is 18.5. The fourth-order valence-corrected chi connectivity index (χ4v) is 7.24. The van der Waals surface area contributed by atoms with Gasteiger partial charge in [-0.2, -0.15) is 10.6 Å². The summed E-state index contributed by atoms with van der Waals surface area (Å²) < 4.78 is 21.7. The summed E-state index contributed by atoms with van der Waals surface area (Å²) in [6.07, 6.45) is 5.65. The Morgan fingerprint density at radius 2 is 1.91 bits per heavy atom. The second-order valence-corrected chi connectivity index (χ2v) is 12.2. The molecule has 1 aromatic carbocycles. The molecule has 4 heterocycles. The Labute approximate surface area is 199 Å². The molecule has 2 aromatic heterocycles. The summed E-state index contributed by atoms with van der Waals surface area (Å²) >= 11 is 1.47. The van der Waals surface area contributed by atoms with Gasteiger partial charge >= 0.3 is 0 Å². The van der Waals surface area contributed by atoms with Gasteiger partial charge in [0.2, 0.25) is 0 Å². The normalized spacial score (nSPS) is 21.8. The number of aromatic nitrogens is 2. The predicted molar refractivity (Wildman–Crippen MR) is 136 cm³/mol. The molecule has 0 radical (unpaired) electrons. The highest BCUT2D eigenvalue weighted by molar-refractivity contribution is 8.24. The van der Waals surface area contributed by atoms with E-state index in [0.29, 0.717) is 34.8 Å². The van der Waals surface area contributed by atoms with Crippen LogP contribution in [0, 0.1) is 5.92 Å². The van der Waals surface area contributed by atoms with E-state index in [1.54, 1.807) is 0 Å². The van der Waals surface area contributed by atoms with Gasteiger partial charge in [-0.3, -0.25) is 19.2 Å². The van der Waals surface area contributed by atoms with Gasteiger partial charge in [-0.15, -0.1) is 11.3 Å². The Kier molecular flexibility index (Phi) is 6.47. The third-order valence-electron chi connectivity index (χ3n) is 6.65. The molecule has 1 unspecified atom stereocenters. The third-order valence-corrected chi connectivity index (χ3v) is 9.20. The summed E-state index contributed by atoms with van der Waals surface area (Å²) in [5, 5.41) is 5.66. The number of nitrogens with one attached hydrogen (secondary N) is 1. The van der Waals surface area contributed by atoms with Gasteiger partial charge in [-0.25, -0.2) is 4.98 Å². The van der Waals surface area contributed by atoms with E-state index in [4.69, 9.17) is 4.98 Å². The Morgan fingerprint density at radius 3 is 2.70 bits per heavy atom. The van der Waals surface area contributed by atoms with Crippen molar-refractivity contribution in [3.8, 4) is 0 Å². The van der Waals surface area contributed by atoms with Gasteiger partial charge in [0.05, 0.1) is 11.7 Å². The van der Waals surface area contributed by atoms with Crippen LogP contribution in [0.4, 0.5) is 10.8 Å². The van der Waals surface area contributed by atoms with Crippen LogP contribution in [0.5, 0.6) is 0 Å². The molecule has 2 saturated heterocycles. The molecule has 7 nitrogen and oxygen atoms in total. The van der Waals surface area contributed by atoms with Crippen molar-refractivity contribution in [1.29, 1.82) is 0 Å².